The number of hydrogen-bond donors (Lipinski definition) is 1. The van der Waals surface area contributed by atoms with Crippen LogP contribution in [0, 0.1) is 0 Å². The van der Waals surface area contributed by atoms with Gasteiger partial charge < -0.3 is 15.0 Å². The van der Waals surface area contributed by atoms with Crippen molar-refractivity contribution >= 4 is 11.8 Å². The van der Waals surface area contributed by atoms with Crippen LogP contribution >= 0.6 is 0 Å². The molecule has 0 spiro atoms. The Kier molecular flexibility index (Phi) is 4.16. The second-order valence-corrected chi connectivity index (χ2v) is 4.68. The van der Waals surface area contributed by atoms with Crippen LogP contribution in [0.25, 0.3) is 0 Å². The van der Waals surface area contributed by atoms with Gasteiger partial charge in [-0.2, -0.15) is 0 Å². The molecule has 2 rings (SSSR count). The van der Waals surface area contributed by atoms with Gasteiger partial charge in [0.05, 0.1) is 12.6 Å². The van der Waals surface area contributed by atoms with Gasteiger partial charge in [-0.15, -0.1) is 0 Å². The van der Waals surface area contributed by atoms with Crippen LogP contribution in [-0.2, 0) is 14.3 Å². The first-order valence-electron chi connectivity index (χ1n) is 6.27. The standard InChI is InChI=1S/C14H18N2O3/c1-10(19-2)8-16-9-12(17)15-13(14(16)18)11-6-4-3-5-7-11/h3-7,10,13H,8-9H2,1-2H3,(H,15,17). The Hall–Kier alpha value is -1.88. The van der Waals surface area contributed by atoms with Crippen molar-refractivity contribution in [2.24, 2.45) is 0 Å². The van der Waals surface area contributed by atoms with Crippen molar-refractivity contribution in [1.29, 1.82) is 0 Å². The zero-order valence-corrected chi connectivity index (χ0v) is 11.1. The van der Waals surface area contributed by atoms with E-state index in [4.69, 9.17) is 4.74 Å². The van der Waals surface area contributed by atoms with Crippen LogP contribution in [-0.4, -0.2) is 43.0 Å². The summed E-state index contributed by atoms with van der Waals surface area (Å²) in [5, 5.41) is 2.73. The molecule has 0 saturated carbocycles. The highest BCUT2D eigenvalue weighted by molar-refractivity contribution is 5.95. The molecule has 0 bridgehead atoms. The summed E-state index contributed by atoms with van der Waals surface area (Å²) in [5.41, 5.74) is 0.801. The minimum atomic E-state index is -0.591. The predicted molar refractivity (Wildman–Crippen MR) is 70.4 cm³/mol. The zero-order chi connectivity index (χ0) is 13.8. The highest BCUT2D eigenvalue weighted by Gasteiger charge is 2.34. The van der Waals surface area contributed by atoms with Gasteiger partial charge in [-0.1, -0.05) is 30.3 Å². The van der Waals surface area contributed by atoms with E-state index in [2.05, 4.69) is 5.32 Å². The summed E-state index contributed by atoms with van der Waals surface area (Å²) in [5.74, 6) is -0.230. The van der Waals surface area contributed by atoms with E-state index in [9.17, 15) is 9.59 Å². The molecule has 1 aliphatic heterocycles. The van der Waals surface area contributed by atoms with Crippen molar-refractivity contribution in [3.63, 3.8) is 0 Å². The molecule has 5 heteroatoms. The number of methoxy groups -OCH3 is 1. The van der Waals surface area contributed by atoms with Crippen LogP contribution in [0.15, 0.2) is 30.3 Å². The normalized spacial score (nSPS) is 21.2. The lowest BCUT2D eigenvalue weighted by Gasteiger charge is -2.33. The van der Waals surface area contributed by atoms with E-state index < -0.39 is 6.04 Å². The Balaban J connectivity index is 2.17. The zero-order valence-electron chi connectivity index (χ0n) is 11.1. The highest BCUT2D eigenvalue weighted by atomic mass is 16.5. The Morgan fingerprint density at radius 1 is 1.37 bits per heavy atom. The monoisotopic (exact) mass is 262 g/mol. The third-order valence-electron chi connectivity index (χ3n) is 3.21. The first-order chi connectivity index (χ1) is 9.11. The molecule has 0 aliphatic carbocycles. The van der Waals surface area contributed by atoms with Crippen molar-refractivity contribution in [1.82, 2.24) is 10.2 Å². The summed E-state index contributed by atoms with van der Waals surface area (Å²) < 4.78 is 5.15. The third kappa shape index (κ3) is 3.12. The van der Waals surface area contributed by atoms with Crippen LogP contribution in [0.5, 0.6) is 0 Å². The number of carbonyl (C=O) groups is 2. The van der Waals surface area contributed by atoms with E-state index in [1.54, 1.807) is 12.0 Å². The predicted octanol–water partition coefficient (Wildman–Crippen LogP) is 0.721. The molecule has 0 aromatic heterocycles. The summed E-state index contributed by atoms with van der Waals surface area (Å²) in [6.45, 7) is 2.39. The fourth-order valence-electron chi connectivity index (χ4n) is 2.11. The largest absolute Gasteiger partial charge is 0.380 e. The number of nitrogens with one attached hydrogen (secondary N) is 1. The number of piperazine rings is 1. The molecule has 1 fully saturated rings. The Bertz CT molecular complexity index is 461. The van der Waals surface area contributed by atoms with Gasteiger partial charge in [0.15, 0.2) is 0 Å². The number of benzene rings is 1. The van der Waals surface area contributed by atoms with Gasteiger partial charge >= 0.3 is 0 Å². The number of ether oxygens (including phenoxy) is 1. The van der Waals surface area contributed by atoms with Gasteiger partial charge in [-0.25, -0.2) is 0 Å². The minimum absolute atomic E-state index is 0.0882. The Morgan fingerprint density at radius 3 is 2.68 bits per heavy atom. The maximum Gasteiger partial charge on any atom is 0.250 e. The fraction of sp³-hybridized carbons (Fsp3) is 0.429. The molecule has 1 saturated heterocycles. The summed E-state index contributed by atoms with van der Waals surface area (Å²) in [7, 11) is 1.59. The Labute approximate surface area is 112 Å². The van der Waals surface area contributed by atoms with Crippen LogP contribution in [0.2, 0.25) is 0 Å². The van der Waals surface area contributed by atoms with E-state index in [0.29, 0.717) is 6.54 Å². The summed E-state index contributed by atoms with van der Waals surface area (Å²) in [4.78, 5) is 25.7. The molecule has 102 valence electrons. The van der Waals surface area contributed by atoms with Gasteiger partial charge in [0.1, 0.15) is 6.04 Å². The van der Waals surface area contributed by atoms with Crippen molar-refractivity contribution in [2.75, 3.05) is 20.2 Å². The molecule has 19 heavy (non-hydrogen) atoms. The first kappa shape index (κ1) is 13.5. The van der Waals surface area contributed by atoms with Gasteiger partial charge in [0.25, 0.3) is 0 Å². The molecular formula is C14H18N2O3. The van der Waals surface area contributed by atoms with Crippen molar-refractivity contribution in [3.05, 3.63) is 35.9 Å². The summed E-state index contributed by atoms with van der Waals surface area (Å²) >= 11 is 0. The average Bonchev–Trinajstić information content (AvgIpc) is 2.43. The maximum atomic E-state index is 12.4. The van der Waals surface area contributed by atoms with E-state index in [1.807, 2.05) is 37.3 Å². The van der Waals surface area contributed by atoms with Gasteiger partial charge in [0.2, 0.25) is 11.8 Å². The molecule has 0 radical (unpaired) electrons. The van der Waals surface area contributed by atoms with E-state index >= 15 is 0 Å². The molecule has 5 nitrogen and oxygen atoms in total. The van der Waals surface area contributed by atoms with E-state index in [-0.39, 0.29) is 24.5 Å². The molecule has 2 unspecified atom stereocenters. The molecule has 2 atom stereocenters. The molecule has 2 amide bonds. The van der Waals surface area contributed by atoms with Gasteiger partial charge in [-0.3, -0.25) is 9.59 Å². The fourth-order valence-corrected chi connectivity index (χ4v) is 2.11. The van der Waals surface area contributed by atoms with E-state index in [0.717, 1.165) is 5.56 Å². The second kappa shape index (κ2) is 5.84. The van der Waals surface area contributed by atoms with E-state index in [1.165, 1.54) is 0 Å². The number of amides is 2. The lowest BCUT2D eigenvalue weighted by atomic mass is 10.0. The van der Waals surface area contributed by atoms with Crippen LogP contribution in [0.4, 0.5) is 0 Å². The first-order valence-corrected chi connectivity index (χ1v) is 6.27. The molecule has 1 heterocycles. The van der Waals surface area contributed by atoms with Crippen molar-refractivity contribution in [3.8, 4) is 0 Å². The minimum Gasteiger partial charge on any atom is -0.380 e. The number of rotatable bonds is 4. The summed E-state index contributed by atoms with van der Waals surface area (Å²) in [6, 6.07) is 8.67. The van der Waals surface area contributed by atoms with Crippen molar-refractivity contribution in [2.45, 2.75) is 19.1 Å². The molecule has 1 aromatic rings. The highest BCUT2D eigenvalue weighted by Crippen LogP contribution is 2.19. The number of hydrogen-bond acceptors (Lipinski definition) is 3. The quantitative estimate of drug-likeness (QED) is 0.870. The lowest BCUT2D eigenvalue weighted by molar-refractivity contribution is -0.145. The van der Waals surface area contributed by atoms with Crippen LogP contribution < -0.4 is 5.32 Å². The third-order valence-corrected chi connectivity index (χ3v) is 3.21. The smallest absolute Gasteiger partial charge is 0.250 e. The average molecular weight is 262 g/mol. The summed E-state index contributed by atoms with van der Waals surface area (Å²) in [6.07, 6.45) is -0.0914. The molecular weight excluding hydrogens is 244 g/mol. The number of nitrogens with zero attached hydrogens (tertiary/aromatic N) is 1. The molecule has 1 N–H and O–H groups in total. The van der Waals surface area contributed by atoms with Crippen LogP contribution in [0.3, 0.4) is 0 Å². The second-order valence-electron chi connectivity index (χ2n) is 4.68. The van der Waals surface area contributed by atoms with Crippen molar-refractivity contribution < 1.29 is 14.3 Å². The topological polar surface area (TPSA) is 58.6 Å². The van der Waals surface area contributed by atoms with Crippen LogP contribution in [0.1, 0.15) is 18.5 Å². The lowest BCUT2D eigenvalue weighted by Crippen LogP contribution is -2.54. The van der Waals surface area contributed by atoms with Gasteiger partial charge in [-0.05, 0) is 12.5 Å². The Morgan fingerprint density at radius 2 is 2.05 bits per heavy atom. The maximum absolute atomic E-state index is 12.4. The SMILES string of the molecule is COC(C)CN1CC(=O)NC(c2ccccc2)C1=O. The number of carbonyl (C=O) groups excluding carboxylic acids is 2. The van der Waals surface area contributed by atoms with Gasteiger partial charge in [0, 0.05) is 13.7 Å². The molecule has 1 aliphatic rings. The molecule has 1 aromatic carbocycles.